The van der Waals surface area contributed by atoms with Crippen molar-refractivity contribution < 1.29 is 14.3 Å². The molecule has 8 heteroatoms. The molecule has 2 heterocycles. The Hall–Kier alpha value is -2.19. The van der Waals surface area contributed by atoms with Crippen LogP contribution in [-0.4, -0.2) is 29.1 Å². The molecule has 2 aliphatic carbocycles. The summed E-state index contributed by atoms with van der Waals surface area (Å²) < 4.78 is 7.30. The first-order chi connectivity index (χ1) is 14.9. The van der Waals surface area contributed by atoms with Crippen LogP contribution in [0.5, 0.6) is 0 Å². The third-order valence-electron chi connectivity index (χ3n) is 6.43. The van der Waals surface area contributed by atoms with Crippen LogP contribution in [0.25, 0.3) is 12.2 Å². The Morgan fingerprint density at radius 2 is 2.19 bits per heavy atom. The summed E-state index contributed by atoms with van der Waals surface area (Å²) in [5.74, 6) is 1.33. The van der Waals surface area contributed by atoms with Crippen molar-refractivity contribution in [2.45, 2.75) is 52.1 Å². The summed E-state index contributed by atoms with van der Waals surface area (Å²) in [5, 5.41) is 7.00. The zero-order valence-corrected chi connectivity index (χ0v) is 19.5. The minimum atomic E-state index is -0.518. The van der Waals surface area contributed by atoms with E-state index in [9.17, 15) is 14.4 Å². The molecule has 1 amide bonds. The second-order valence-corrected chi connectivity index (χ2v) is 10.3. The summed E-state index contributed by atoms with van der Waals surface area (Å²) in [4.78, 5) is 37.9. The van der Waals surface area contributed by atoms with Crippen molar-refractivity contribution in [3.05, 3.63) is 41.9 Å². The van der Waals surface area contributed by atoms with Crippen LogP contribution < -0.4 is 20.1 Å². The lowest BCUT2D eigenvalue weighted by molar-refractivity contribution is -0.135. The number of hydrogen-bond acceptors (Lipinski definition) is 6. The fraction of sp³-hybridized carbons (Fsp3) is 0.522. The normalized spacial score (nSPS) is 24.5. The van der Waals surface area contributed by atoms with E-state index in [2.05, 4.69) is 12.2 Å². The highest BCUT2D eigenvalue weighted by molar-refractivity contribution is 7.08. The zero-order chi connectivity index (χ0) is 22.0. The second kappa shape index (κ2) is 9.53. The molecular weight excluding hydrogens is 432 g/mol. The van der Waals surface area contributed by atoms with Crippen molar-refractivity contribution in [1.29, 1.82) is 0 Å². The molecule has 6 nitrogen and oxygen atoms in total. The molecule has 0 radical (unpaired) electrons. The molecule has 0 aliphatic heterocycles. The average Bonchev–Trinajstić information content (AvgIpc) is 3.51. The van der Waals surface area contributed by atoms with Gasteiger partial charge < -0.3 is 10.1 Å². The first-order valence-corrected chi connectivity index (χ1v) is 12.6. The highest BCUT2D eigenvalue weighted by Gasteiger charge is 2.42. The number of nitrogens with zero attached hydrogens (tertiary/aromatic N) is 1. The van der Waals surface area contributed by atoms with Gasteiger partial charge in [-0.3, -0.25) is 14.2 Å². The lowest BCUT2D eigenvalue weighted by atomic mass is 9.84. The predicted octanol–water partition coefficient (Wildman–Crippen LogP) is 2.08. The van der Waals surface area contributed by atoms with Crippen LogP contribution >= 0.6 is 22.7 Å². The SMILES string of the molecule is CCOC(=O)/C=c1\s/c(=C\c2ccsc2)c(=O)n1CC(=O)N[C@@H](C)[C@H]1C[C@@H]2CC[C@H]1C2. The van der Waals surface area contributed by atoms with Crippen molar-refractivity contribution in [3.8, 4) is 0 Å². The van der Waals surface area contributed by atoms with Gasteiger partial charge in [0.25, 0.3) is 5.56 Å². The van der Waals surface area contributed by atoms with Gasteiger partial charge in [-0.2, -0.15) is 11.3 Å². The number of amides is 1. The molecule has 2 fully saturated rings. The van der Waals surface area contributed by atoms with Gasteiger partial charge in [-0.1, -0.05) is 6.42 Å². The summed E-state index contributed by atoms with van der Waals surface area (Å²) >= 11 is 2.74. The van der Waals surface area contributed by atoms with Crippen LogP contribution in [-0.2, 0) is 20.9 Å². The van der Waals surface area contributed by atoms with Gasteiger partial charge in [-0.05, 0) is 79.3 Å². The topological polar surface area (TPSA) is 77.4 Å². The molecule has 2 aromatic heterocycles. The number of esters is 1. The molecule has 31 heavy (non-hydrogen) atoms. The smallest absolute Gasteiger partial charge is 0.333 e. The summed E-state index contributed by atoms with van der Waals surface area (Å²) in [6, 6.07) is 2.01. The summed E-state index contributed by atoms with van der Waals surface area (Å²) in [7, 11) is 0. The van der Waals surface area contributed by atoms with E-state index in [0.717, 1.165) is 11.5 Å². The highest BCUT2D eigenvalue weighted by Crippen LogP contribution is 2.49. The standard InChI is InChI=1S/C23H28N2O4S2/c1-3-29-22(27)11-21-25(23(28)19(31-21)10-16-6-7-30-13-16)12-20(26)24-14(2)18-9-15-4-5-17(18)8-15/h6-7,10-11,13-15,17-18H,3-5,8-9,12H2,1-2H3,(H,24,26)/b19-10-,21-11-/t14-,15+,17-,18+/m0/s1. The monoisotopic (exact) mass is 460 g/mol. The minimum Gasteiger partial charge on any atom is -0.463 e. The predicted molar refractivity (Wildman–Crippen MR) is 123 cm³/mol. The minimum absolute atomic E-state index is 0.0893. The number of carbonyl (C=O) groups excluding carboxylic acids is 2. The number of rotatable bonds is 7. The summed E-state index contributed by atoms with van der Waals surface area (Å²) in [6.07, 6.45) is 8.15. The van der Waals surface area contributed by atoms with E-state index >= 15 is 0 Å². The first kappa shape index (κ1) is 22.0. The Morgan fingerprint density at radius 3 is 2.84 bits per heavy atom. The zero-order valence-electron chi connectivity index (χ0n) is 17.8. The first-order valence-electron chi connectivity index (χ1n) is 10.9. The van der Waals surface area contributed by atoms with E-state index < -0.39 is 5.97 Å². The third kappa shape index (κ3) is 5.01. The fourth-order valence-corrected chi connectivity index (χ4v) is 6.69. The molecule has 4 rings (SSSR count). The van der Waals surface area contributed by atoms with Crippen LogP contribution in [0, 0.1) is 17.8 Å². The number of carbonyl (C=O) groups is 2. The lowest BCUT2D eigenvalue weighted by Crippen LogP contribution is -2.44. The van der Waals surface area contributed by atoms with E-state index in [4.69, 9.17) is 4.74 Å². The molecule has 166 valence electrons. The number of thiazole rings is 1. The van der Waals surface area contributed by atoms with Crippen molar-refractivity contribution in [1.82, 2.24) is 9.88 Å². The maximum atomic E-state index is 13.0. The van der Waals surface area contributed by atoms with Crippen LogP contribution in [0.2, 0.25) is 0 Å². The largest absolute Gasteiger partial charge is 0.463 e. The van der Waals surface area contributed by atoms with Gasteiger partial charge in [-0.15, -0.1) is 11.3 Å². The molecular formula is C23H28N2O4S2. The van der Waals surface area contributed by atoms with Crippen LogP contribution in [0.3, 0.4) is 0 Å². The molecule has 2 saturated carbocycles. The van der Waals surface area contributed by atoms with E-state index in [1.165, 1.54) is 47.7 Å². The van der Waals surface area contributed by atoms with Gasteiger partial charge in [0.05, 0.1) is 17.2 Å². The third-order valence-corrected chi connectivity index (χ3v) is 8.19. The number of aromatic nitrogens is 1. The lowest BCUT2D eigenvalue weighted by Gasteiger charge is -2.28. The van der Waals surface area contributed by atoms with Gasteiger partial charge in [0, 0.05) is 6.04 Å². The molecule has 2 aromatic rings. The maximum absolute atomic E-state index is 13.0. The molecule has 4 atom stereocenters. The second-order valence-electron chi connectivity index (χ2n) is 8.49. The van der Waals surface area contributed by atoms with Gasteiger partial charge in [0.1, 0.15) is 11.2 Å². The van der Waals surface area contributed by atoms with Crippen LogP contribution in [0.1, 0.15) is 45.1 Å². The van der Waals surface area contributed by atoms with Crippen molar-refractivity contribution in [2.24, 2.45) is 17.8 Å². The molecule has 2 bridgehead atoms. The van der Waals surface area contributed by atoms with E-state index in [1.807, 2.05) is 16.8 Å². The Kier molecular flexibility index (Phi) is 6.77. The maximum Gasteiger partial charge on any atom is 0.333 e. The fourth-order valence-electron chi connectivity index (χ4n) is 5.04. The van der Waals surface area contributed by atoms with Crippen molar-refractivity contribution in [2.75, 3.05) is 6.61 Å². The van der Waals surface area contributed by atoms with Crippen molar-refractivity contribution in [3.63, 3.8) is 0 Å². The Morgan fingerprint density at radius 1 is 1.35 bits per heavy atom. The molecule has 0 aromatic carbocycles. The quantitative estimate of drug-likeness (QED) is 0.642. The van der Waals surface area contributed by atoms with Gasteiger partial charge in [-0.25, -0.2) is 4.79 Å². The molecule has 0 spiro atoms. The summed E-state index contributed by atoms with van der Waals surface area (Å²) in [6.45, 7) is 3.94. The molecule has 1 N–H and O–H groups in total. The van der Waals surface area contributed by atoms with Gasteiger partial charge in [0.15, 0.2) is 0 Å². The van der Waals surface area contributed by atoms with E-state index in [1.54, 1.807) is 24.3 Å². The van der Waals surface area contributed by atoms with E-state index in [0.29, 0.717) is 21.0 Å². The molecule has 2 aliphatic rings. The molecule has 0 saturated heterocycles. The number of ether oxygens (including phenoxy) is 1. The van der Waals surface area contributed by atoms with E-state index in [-0.39, 0.29) is 30.7 Å². The highest BCUT2D eigenvalue weighted by atomic mass is 32.1. The van der Waals surface area contributed by atoms with Crippen LogP contribution in [0.15, 0.2) is 21.6 Å². The number of nitrogens with one attached hydrogen (secondary N) is 1. The van der Waals surface area contributed by atoms with Gasteiger partial charge in [0.2, 0.25) is 5.91 Å². The number of hydrogen-bond donors (Lipinski definition) is 1. The average molecular weight is 461 g/mol. The Balaban J connectivity index is 1.57. The van der Waals surface area contributed by atoms with Crippen LogP contribution in [0.4, 0.5) is 0 Å². The Labute approximate surface area is 189 Å². The number of fused-ring (bicyclic) bond motifs is 2. The molecule has 0 unspecified atom stereocenters. The number of thiophene rings is 1. The van der Waals surface area contributed by atoms with Crippen molar-refractivity contribution >= 4 is 46.7 Å². The Bertz CT molecular complexity index is 1120. The summed E-state index contributed by atoms with van der Waals surface area (Å²) in [5.41, 5.74) is 0.655. The van der Waals surface area contributed by atoms with Gasteiger partial charge >= 0.3 is 5.97 Å².